The van der Waals surface area contributed by atoms with Gasteiger partial charge in [0.25, 0.3) is 5.56 Å². The lowest BCUT2D eigenvalue weighted by molar-refractivity contribution is -0.139. The van der Waals surface area contributed by atoms with Crippen LogP contribution in [0.2, 0.25) is 0 Å². The van der Waals surface area contributed by atoms with Crippen LogP contribution in [0.15, 0.2) is 69.6 Å². The Morgan fingerprint density at radius 1 is 1.11 bits per heavy atom. The van der Waals surface area contributed by atoms with Gasteiger partial charge >= 0.3 is 5.97 Å². The van der Waals surface area contributed by atoms with Crippen LogP contribution in [-0.4, -0.2) is 21.7 Å². The molecule has 4 aromatic rings. The van der Waals surface area contributed by atoms with E-state index in [0.29, 0.717) is 20.6 Å². The number of nitrogens with zero attached hydrogens (tertiary/aromatic N) is 3. The van der Waals surface area contributed by atoms with Crippen LogP contribution in [0.4, 0.5) is 0 Å². The number of allylic oxidation sites excluding steroid dienone is 1. The van der Waals surface area contributed by atoms with Gasteiger partial charge in [0.15, 0.2) is 4.80 Å². The average Bonchev–Trinajstić information content (AvgIpc) is 3.27. The van der Waals surface area contributed by atoms with E-state index in [1.54, 1.807) is 18.4 Å². The fraction of sp³-hybridized carbons (Fsp3) is 0.250. The third-order valence-electron chi connectivity index (χ3n) is 6.63. The summed E-state index contributed by atoms with van der Waals surface area (Å²) in [7, 11) is 2.03. The quantitative estimate of drug-likeness (QED) is 0.412. The van der Waals surface area contributed by atoms with Gasteiger partial charge in [0.1, 0.15) is 0 Å². The van der Waals surface area contributed by atoms with Gasteiger partial charge in [-0.05, 0) is 45.4 Å². The Balaban J connectivity index is 1.77. The fourth-order valence-corrected chi connectivity index (χ4v) is 5.75. The van der Waals surface area contributed by atoms with E-state index in [2.05, 4.69) is 28.6 Å². The first-order chi connectivity index (χ1) is 16.8. The summed E-state index contributed by atoms with van der Waals surface area (Å²) in [6, 6.07) is 15.5. The van der Waals surface area contributed by atoms with Crippen LogP contribution in [0.25, 0.3) is 17.0 Å². The number of aromatic nitrogens is 2. The smallest absolute Gasteiger partial charge is 0.338 e. The summed E-state index contributed by atoms with van der Waals surface area (Å²) in [6.07, 6.45) is 1.96. The third kappa shape index (κ3) is 3.76. The van der Waals surface area contributed by atoms with Crippen molar-refractivity contribution < 1.29 is 9.53 Å². The molecule has 0 spiro atoms. The van der Waals surface area contributed by atoms with Gasteiger partial charge in [0.05, 0.1) is 28.5 Å². The molecule has 0 amide bonds. The van der Waals surface area contributed by atoms with Crippen molar-refractivity contribution >= 4 is 34.3 Å². The predicted octanol–water partition coefficient (Wildman–Crippen LogP) is 3.91. The summed E-state index contributed by atoms with van der Waals surface area (Å²) in [5.74, 6) is -0.446. The topological polar surface area (TPSA) is 65.6 Å². The molecule has 0 saturated carbocycles. The van der Waals surface area contributed by atoms with Gasteiger partial charge in [-0.3, -0.25) is 9.36 Å². The number of thiazole rings is 1. The molecular weight excluding hydrogens is 458 g/mol. The van der Waals surface area contributed by atoms with Gasteiger partial charge in [0, 0.05) is 29.2 Å². The number of benzene rings is 2. The molecule has 0 unspecified atom stereocenters. The fourth-order valence-electron chi connectivity index (χ4n) is 4.72. The molecule has 2 aromatic heterocycles. The van der Waals surface area contributed by atoms with Crippen LogP contribution in [-0.2, 0) is 16.6 Å². The van der Waals surface area contributed by atoms with Crippen LogP contribution in [0.5, 0.6) is 0 Å². The highest BCUT2D eigenvalue weighted by molar-refractivity contribution is 7.07. The normalized spacial score (nSPS) is 15.9. The Kier molecular flexibility index (Phi) is 5.81. The van der Waals surface area contributed by atoms with Gasteiger partial charge in [-0.2, -0.15) is 0 Å². The second kappa shape index (κ2) is 8.82. The minimum atomic E-state index is -0.596. The molecule has 0 bridgehead atoms. The maximum atomic E-state index is 13.9. The maximum absolute atomic E-state index is 13.9. The van der Waals surface area contributed by atoms with E-state index < -0.39 is 12.0 Å². The highest BCUT2D eigenvalue weighted by Gasteiger charge is 2.33. The number of aryl methyl sites for hydroxylation is 2. The van der Waals surface area contributed by atoms with Crippen molar-refractivity contribution in [3.05, 3.63) is 102 Å². The number of para-hydroxylation sites is 1. The molecule has 1 aliphatic rings. The first kappa shape index (κ1) is 23.1. The number of carbonyl (C=O) groups is 1. The lowest BCUT2D eigenvalue weighted by Crippen LogP contribution is -2.39. The summed E-state index contributed by atoms with van der Waals surface area (Å²) >= 11 is 1.35. The minimum absolute atomic E-state index is 0.166. The summed E-state index contributed by atoms with van der Waals surface area (Å²) in [4.78, 5) is 32.1. The maximum Gasteiger partial charge on any atom is 0.338 e. The Labute approximate surface area is 207 Å². The number of ether oxygens (including phenoxy) is 1. The van der Waals surface area contributed by atoms with E-state index in [1.807, 2.05) is 56.4 Å². The molecule has 0 fully saturated rings. The third-order valence-corrected chi connectivity index (χ3v) is 7.62. The minimum Gasteiger partial charge on any atom is -0.463 e. The first-order valence-corrected chi connectivity index (χ1v) is 12.4. The summed E-state index contributed by atoms with van der Waals surface area (Å²) in [5.41, 5.74) is 5.96. The number of esters is 1. The zero-order valence-corrected chi connectivity index (χ0v) is 21.3. The molecule has 2 aromatic carbocycles. The molecule has 35 heavy (non-hydrogen) atoms. The number of hydrogen-bond acceptors (Lipinski definition) is 5. The van der Waals surface area contributed by atoms with Crippen molar-refractivity contribution in [3.8, 4) is 0 Å². The molecular formula is C28H27N3O3S. The largest absolute Gasteiger partial charge is 0.463 e. The van der Waals surface area contributed by atoms with Crippen molar-refractivity contribution in [2.24, 2.45) is 12.0 Å². The standard InChI is InChI=1S/C28H27N3O3S/c1-6-34-27(33)24-17(3)29-28-31(25(24)19-13-11-16(2)12-14-19)26(32)23(35-28)15-21-18(4)30(5)22-10-8-7-9-20(21)22/h7-15,25H,6H2,1-5H3/b23-15+/t25-/m0/s1. The van der Waals surface area contributed by atoms with E-state index >= 15 is 0 Å². The van der Waals surface area contributed by atoms with Gasteiger partial charge in [0.2, 0.25) is 0 Å². The van der Waals surface area contributed by atoms with E-state index in [-0.39, 0.29) is 12.2 Å². The van der Waals surface area contributed by atoms with Crippen molar-refractivity contribution in [2.75, 3.05) is 6.61 Å². The Morgan fingerprint density at radius 2 is 1.83 bits per heavy atom. The highest BCUT2D eigenvalue weighted by atomic mass is 32.1. The summed E-state index contributed by atoms with van der Waals surface area (Å²) < 4.78 is 9.73. The van der Waals surface area contributed by atoms with Crippen molar-refractivity contribution in [1.82, 2.24) is 9.13 Å². The van der Waals surface area contributed by atoms with Crippen LogP contribution >= 0.6 is 11.3 Å². The van der Waals surface area contributed by atoms with Gasteiger partial charge in [-0.1, -0.05) is 59.4 Å². The van der Waals surface area contributed by atoms with Gasteiger partial charge in [-0.15, -0.1) is 0 Å². The average molecular weight is 486 g/mol. The zero-order chi connectivity index (χ0) is 24.9. The molecule has 1 aliphatic heterocycles. The SMILES string of the molecule is CCOC(=O)C1=C(C)N=c2s/c(=C/c3c(C)n(C)c4ccccc34)c(=O)n2[C@H]1c1ccc(C)cc1. The van der Waals surface area contributed by atoms with Crippen molar-refractivity contribution in [3.63, 3.8) is 0 Å². The monoisotopic (exact) mass is 485 g/mol. The molecule has 0 saturated heterocycles. The van der Waals surface area contributed by atoms with E-state index in [4.69, 9.17) is 4.74 Å². The van der Waals surface area contributed by atoms with Gasteiger partial charge < -0.3 is 9.30 Å². The Morgan fingerprint density at radius 3 is 2.54 bits per heavy atom. The van der Waals surface area contributed by atoms with Crippen LogP contribution < -0.4 is 14.9 Å². The molecule has 178 valence electrons. The summed E-state index contributed by atoms with van der Waals surface area (Å²) in [5, 5.41) is 1.09. The van der Waals surface area contributed by atoms with Crippen LogP contribution in [0, 0.1) is 13.8 Å². The summed E-state index contributed by atoms with van der Waals surface area (Å²) in [6.45, 7) is 7.90. The second-order valence-corrected chi connectivity index (χ2v) is 9.80. The Hall–Kier alpha value is -3.71. The van der Waals surface area contributed by atoms with Crippen molar-refractivity contribution in [2.45, 2.75) is 33.7 Å². The van der Waals surface area contributed by atoms with Gasteiger partial charge in [-0.25, -0.2) is 9.79 Å². The molecule has 0 radical (unpaired) electrons. The molecule has 0 N–H and O–H groups in total. The predicted molar refractivity (Wildman–Crippen MR) is 139 cm³/mol. The molecule has 6 nitrogen and oxygen atoms in total. The van der Waals surface area contributed by atoms with Crippen molar-refractivity contribution in [1.29, 1.82) is 0 Å². The lowest BCUT2D eigenvalue weighted by atomic mass is 9.95. The number of hydrogen-bond donors (Lipinski definition) is 0. The van der Waals surface area contributed by atoms with E-state index in [0.717, 1.165) is 33.3 Å². The number of rotatable bonds is 4. The molecule has 3 heterocycles. The first-order valence-electron chi connectivity index (χ1n) is 11.6. The molecule has 5 rings (SSSR count). The van der Waals surface area contributed by atoms with E-state index in [9.17, 15) is 9.59 Å². The molecule has 7 heteroatoms. The molecule has 1 atom stereocenters. The van der Waals surface area contributed by atoms with Crippen LogP contribution in [0.1, 0.15) is 42.3 Å². The second-order valence-electron chi connectivity index (χ2n) is 8.79. The van der Waals surface area contributed by atoms with Crippen LogP contribution in [0.3, 0.4) is 0 Å². The number of fused-ring (bicyclic) bond motifs is 2. The zero-order valence-electron chi connectivity index (χ0n) is 20.5. The van der Waals surface area contributed by atoms with E-state index in [1.165, 1.54) is 11.3 Å². The molecule has 0 aliphatic carbocycles. The Bertz CT molecular complexity index is 1680. The highest BCUT2D eigenvalue weighted by Crippen LogP contribution is 2.31. The lowest BCUT2D eigenvalue weighted by Gasteiger charge is -2.24. The number of carbonyl (C=O) groups excluding carboxylic acids is 1.